The number of halogens is 1. The van der Waals surface area contributed by atoms with Crippen LogP contribution in [-0.4, -0.2) is 41.0 Å². The molecule has 138 valence electrons. The van der Waals surface area contributed by atoms with Crippen LogP contribution >= 0.6 is 11.6 Å². The summed E-state index contributed by atoms with van der Waals surface area (Å²) in [5.41, 5.74) is 3.16. The molecule has 2 aromatic rings. The zero-order valence-corrected chi connectivity index (χ0v) is 15.7. The van der Waals surface area contributed by atoms with Crippen molar-refractivity contribution in [3.63, 3.8) is 0 Å². The van der Waals surface area contributed by atoms with Crippen molar-refractivity contribution in [3.05, 3.63) is 59.1 Å². The van der Waals surface area contributed by atoms with Gasteiger partial charge >= 0.3 is 5.97 Å². The van der Waals surface area contributed by atoms with Crippen molar-refractivity contribution in [1.82, 2.24) is 10.2 Å². The summed E-state index contributed by atoms with van der Waals surface area (Å²) in [6.07, 6.45) is 0. The first-order valence-corrected chi connectivity index (χ1v) is 8.81. The van der Waals surface area contributed by atoms with Crippen LogP contribution in [-0.2, 0) is 16.1 Å². The first-order chi connectivity index (χ1) is 12.4. The third-order valence-corrected chi connectivity index (χ3v) is 4.45. The number of hydrogen-bond acceptors (Lipinski definition) is 3. The molecule has 0 bridgehead atoms. The quantitative estimate of drug-likeness (QED) is 0.742. The van der Waals surface area contributed by atoms with Crippen molar-refractivity contribution in [3.8, 4) is 11.1 Å². The van der Waals surface area contributed by atoms with E-state index in [-0.39, 0.29) is 5.91 Å². The van der Waals surface area contributed by atoms with Crippen molar-refractivity contribution in [2.45, 2.75) is 26.4 Å². The smallest absolute Gasteiger partial charge is 0.320 e. The Bertz CT molecular complexity index is 745. The molecule has 5 nitrogen and oxygen atoms in total. The van der Waals surface area contributed by atoms with Crippen molar-refractivity contribution >= 4 is 23.5 Å². The second-order valence-electron chi connectivity index (χ2n) is 6.17. The fraction of sp³-hybridized carbons (Fsp3) is 0.300. The topological polar surface area (TPSA) is 69.6 Å². The van der Waals surface area contributed by atoms with Gasteiger partial charge < -0.3 is 10.4 Å². The summed E-state index contributed by atoms with van der Waals surface area (Å²) < 4.78 is 0. The fourth-order valence-corrected chi connectivity index (χ4v) is 2.75. The van der Waals surface area contributed by atoms with E-state index in [0.29, 0.717) is 24.7 Å². The van der Waals surface area contributed by atoms with Crippen LogP contribution in [0.4, 0.5) is 0 Å². The van der Waals surface area contributed by atoms with E-state index in [2.05, 4.69) is 5.32 Å². The lowest BCUT2D eigenvalue weighted by Gasteiger charge is -2.26. The number of aliphatic carboxylic acids is 1. The van der Waals surface area contributed by atoms with Crippen LogP contribution in [0, 0.1) is 0 Å². The molecule has 6 heteroatoms. The third kappa shape index (κ3) is 5.86. The zero-order chi connectivity index (χ0) is 19.1. The minimum Gasteiger partial charge on any atom is -0.480 e. The Labute approximate surface area is 158 Å². The monoisotopic (exact) mass is 374 g/mol. The Kier molecular flexibility index (Phi) is 7.18. The van der Waals surface area contributed by atoms with Crippen LogP contribution in [0.3, 0.4) is 0 Å². The highest BCUT2D eigenvalue weighted by Gasteiger charge is 2.20. The van der Waals surface area contributed by atoms with Gasteiger partial charge in [-0.2, -0.15) is 0 Å². The summed E-state index contributed by atoms with van der Waals surface area (Å²) in [5, 5.41) is 12.7. The summed E-state index contributed by atoms with van der Waals surface area (Å²) in [6.45, 7) is 4.47. The fourth-order valence-electron chi connectivity index (χ4n) is 2.62. The minimum atomic E-state index is -0.884. The van der Waals surface area contributed by atoms with E-state index in [4.69, 9.17) is 11.6 Å². The molecule has 0 heterocycles. The number of rotatable bonds is 8. The first-order valence-electron chi connectivity index (χ1n) is 8.43. The van der Waals surface area contributed by atoms with Crippen molar-refractivity contribution < 1.29 is 14.7 Å². The zero-order valence-electron chi connectivity index (χ0n) is 14.9. The largest absolute Gasteiger partial charge is 0.480 e. The van der Waals surface area contributed by atoms with Gasteiger partial charge in [0.05, 0.1) is 0 Å². The van der Waals surface area contributed by atoms with Gasteiger partial charge in [-0.05, 0) is 35.7 Å². The molecule has 26 heavy (non-hydrogen) atoms. The van der Waals surface area contributed by atoms with Gasteiger partial charge in [-0.3, -0.25) is 14.5 Å². The highest BCUT2D eigenvalue weighted by molar-refractivity contribution is 6.30. The molecule has 1 amide bonds. The van der Waals surface area contributed by atoms with Crippen molar-refractivity contribution in [2.24, 2.45) is 0 Å². The van der Waals surface area contributed by atoms with Gasteiger partial charge in [-0.25, -0.2) is 0 Å². The van der Waals surface area contributed by atoms with E-state index >= 15 is 0 Å². The number of carbonyl (C=O) groups excluding carboxylic acids is 1. The van der Waals surface area contributed by atoms with Gasteiger partial charge in [0, 0.05) is 31.6 Å². The Morgan fingerprint density at radius 1 is 1.08 bits per heavy atom. The van der Waals surface area contributed by atoms with Gasteiger partial charge in [-0.15, -0.1) is 0 Å². The maximum atomic E-state index is 11.4. The van der Waals surface area contributed by atoms with Crippen LogP contribution in [0.1, 0.15) is 19.4 Å². The Morgan fingerprint density at radius 3 is 2.12 bits per heavy atom. The molecule has 0 saturated carbocycles. The van der Waals surface area contributed by atoms with Crippen LogP contribution < -0.4 is 5.32 Å². The average Bonchev–Trinajstić information content (AvgIpc) is 2.61. The standard InChI is InChI=1S/C20H23ClN2O3/c1-14(20(25)26)23(12-11-22-15(2)24)13-16-3-5-17(6-4-16)18-7-9-19(21)10-8-18/h3-10,14H,11-13H2,1-2H3,(H,22,24)(H,25,26). The third-order valence-electron chi connectivity index (χ3n) is 4.20. The first kappa shape index (κ1) is 19.9. The number of carboxylic acid groups (broad SMARTS) is 1. The second kappa shape index (κ2) is 9.36. The highest BCUT2D eigenvalue weighted by Crippen LogP contribution is 2.22. The number of nitrogens with one attached hydrogen (secondary N) is 1. The number of carbonyl (C=O) groups is 2. The van der Waals surface area contributed by atoms with Crippen LogP contribution in [0.5, 0.6) is 0 Å². The lowest BCUT2D eigenvalue weighted by Crippen LogP contribution is -2.42. The summed E-state index contributed by atoms with van der Waals surface area (Å²) in [6, 6.07) is 15.0. The molecule has 0 radical (unpaired) electrons. The number of carboxylic acids is 1. The normalized spacial score (nSPS) is 12.0. The number of hydrogen-bond donors (Lipinski definition) is 2. The molecule has 1 atom stereocenters. The Hall–Kier alpha value is -2.37. The molecule has 0 saturated heterocycles. The predicted octanol–water partition coefficient (Wildman–Crippen LogP) is 3.42. The van der Waals surface area contributed by atoms with Crippen molar-refractivity contribution in [2.75, 3.05) is 13.1 Å². The lowest BCUT2D eigenvalue weighted by atomic mass is 10.0. The predicted molar refractivity (Wildman–Crippen MR) is 103 cm³/mol. The van der Waals surface area contributed by atoms with E-state index in [9.17, 15) is 14.7 Å². The van der Waals surface area contributed by atoms with E-state index < -0.39 is 12.0 Å². The molecule has 0 aliphatic carbocycles. The van der Waals surface area contributed by atoms with Crippen LogP contribution in [0.2, 0.25) is 5.02 Å². The molecular formula is C20H23ClN2O3. The molecule has 0 aromatic heterocycles. The van der Waals surface area contributed by atoms with E-state index in [1.165, 1.54) is 6.92 Å². The molecule has 0 aliphatic rings. The van der Waals surface area contributed by atoms with Gasteiger partial charge in [0.15, 0.2) is 0 Å². The van der Waals surface area contributed by atoms with Gasteiger partial charge in [-0.1, -0.05) is 48.0 Å². The SMILES string of the molecule is CC(=O)NCCN(Cc1ccc(-c2ccc(Cl)cc2)cc1)C(C)C(=O)O. The summed E-state index contributed by atoms with van der Waals surface area (Å²) in [5.74, 6) is -1.01. The maximum absolute atomic E-state index is 11.4. The lowest BCUT2D eigenvalue weighted by molar-refractivity contribution is -0.142. The van der Waals surface area contributed by atoms with Gasteiger partial charge in [0.2, 0.25) is 5.91 Å². The summed E-state index contributed by atoms with van der Waals surface area (Å²) in [7, 11) is 0. The average molecular weight is 375 g/mol. The maximum Gasteiger partial charge on any atom is 0.320 e. The number of benzene rings is 2. The van der Waals surface area contributed by atoms with Crippen LogP contribution in [0.15, 0.2) is 48.5 Å². The van der Waals surface area contributed by atoms with Crippen LogP contribution in [0.25, 0.3) is 11.1 Å². The number of amides is 1. The van der Waals surface area contributed by atoms with E-state index in [0.717, 1.165) is 16.7 Å². The second-order valence-corrected chi connectivity index (χ2v) is 6.61. The minimum absolute atomic E-state index is 0.125. The molecule has 2 N–H and O–H groups in total. The molecule has 0 fully saturated rings. The van der Waals surface area contributed by atoms with Crippen molar-refractivity contribution in [1.29, 1.82) is 0 Å². The highest BCUT2D eigenvalue weighted by atomic mass is 35.5. The molecule has 0 spiro atoms. The molecular weight excluding hydrogens is 352 g/mol. The Balaban J connectivity index is 2.07. The Morgan fingerprint density at radius 2 is 1.62 bits per heavy atom. The van der Waals surface area contributed by atoms with E-state index in [1.54, 1.807) is 6.92 Å². The molecule has 0 aliphatic heterocycles. The summed E-state index contributed by atoms with van der Waals surface area (Å²) >= 11 is 5.92. The summed E-state index contributed by atoms with van der Waals surface area (Å²) in [4.78, 5) is 24.2. The van der Waals surface area contributed by atoms with E-state index in [1.807, 2.05) is 53.4 Å². The van der Waals surface area contributed by atoms with Gasteiger partial charge in [0.25, 0.3) is 0 Å². The number of nitrogens with zero attached hydrogens (tertiary/aromatic N) is 1. The molecule has 2 rings (SSSR count). The van der Waals surface area contributed by atoms with Gasteiger partial charge in [0.1, 0.15) is 6.04 Å². The molecule has 2 aromatic carbocycles. The molecule has 1 unspecified atom stereocenters.